The summed E-state index contributed by atoms with van der Waals surface area (Å²) in [6.45, 7) is 0. The van der Waals surface area contributed by atoms with Crippen LogP contribution in [0, 0.1) is 0 Å². The van der Waals surface area contributed by atoms with Crippen molar-refractivity contribution in [2.45, 2.75) is 18.3 Å². The van der Waals surface area contributed by atoms with Gasteiger partial charge < -0.3 is 9.47 Å². The maximum absolute atomic E-state index is 2.53. The summed E-state index contributed by atoms with van der Waals surface area (Å²) in [4.78, 5) is 2.31. The molecule has 1 aliphatic heterocycles. The van der Waals surface area contributed by atoms with Gasteiger partial charge in [-0.15, -0.1) is 0 Å². The molecular weight excluding hydrogens is 484 g/mol. The zero-order valence-electron chi connectivity index (χ0n) is 22.4. The van der Waals surface area contributed by atoms with Crippen LogP contribution in [0.4, 0.5) is 11.4 Å². The molecule has 5 aromatic carbocycles. The monoisotopic (exact) mass is 512 g/mol. The molecule has 1 atom stereocenters. The second-order valence-electron chi connectivity index (χ2n) is 11.3. The fraction of sp³-hybridized carbons (Fsp3) is 0.105. The lowest BCUT2D eigenvalue weighted by Gasteiger charge is -2.41. The minimum absolute atomic E-state index is 0.330. The summed E-state index contributed by atoms with van der Waals surface area (Å²) < 4.78 is 2.53. The van der Waals surface area contributed by atoms with Crippen LogP contribution in [0.1, 0.15) is 35.1 Å². The van der Waals surface area contributed by atoms with Crippen molar-refractivity contribution in [1.29, 1.82) is 0 Å². The second-order valence-corrected chi connectivity index (χ2v) is 11.3. The smallest absolute Gasteiger partial charge is 0.0718 e. The van der Waals surface area contributed by atoms with Crippen molar-refractivity contribution in [1.82, 2.24) is 4.57 Å². The number of benzene rings is 5. The molecule has 2 heterocycles. The van der Waals surface area contributed by atoms with Gasteiger partial charge in [-0.3, -0.25) is 0 Å². The van der Waals surface area contributed by atoms with E-state index in [0.717, 1.165) is 12.8 Å². The van der Waals surface area contributed by atoms with Crippen molar-refractivity contribution in [3.05, 3.63) is 155 Å². The molecule has 0 saturated carbocycles. The summed E-state index contributed by atoms with van der Waals surface area (Å²) in [6, 6.07) is 42.8. The van der Waals surface area contributed by atoms with E-state index < -0.39 is 0 Å². The van der Waals surface area contributed by atoms with Gasteiger partial charge in [-0.1, -0.05) is 91.0 Å². The Morgan fingerprint density at radius 2 is 1.45 bits per heavy atom. The fourth-order valence-electron chi connectivity index (χ4n) is 7.87. The number of hydrogen-bond donors (Lipinski definition) is 0. The van der Waals surface area contributed by atoms with Crippen LogP contribution in [-0.4, -0.2) is 11.6 Å². The molecule has 0 bridgehead atoms. The third-order valence-electron chi connectivity index (χ3n) is 9.50. The highest BCUT2D eigenvalue weighted by Gasteiger charge is 2.51. The Morgan fingerprint density at radius 1 is 0.675 bits per heavy atom. The van der Waals surface area contributed by atoms with Crippen LogP contribution in [0.25, 0.3) is 33.1 Å². The van der Waals surface area contributed by atoms with Crippen LogP contribution in [0.2, 0.25) is 0 Å². The molecule has 0 radical (unpaired) electrons. The van der Waals surface area contributed by atoms with Crippen LogP contribution in [0.5, 0.6) is 0 Å². The zero-order valence-corrected chi connectivity index (χ0v) is 22.4. The van der Waals surface area contributed by atoms with E-state index in [4.69, 9.17) is 0 Å². The maximum atomic E-state index is 2.53. The molecule has 0 amide bonds. The fourth-order valence-corrected chi connectivity index (χ4v) is 7.87. The first kappa shape index (κ1) is 22.0. The van der Waals surface area contributed by atoms with Gasteiger partial charge in [-0.25, -0.2) is 0 Å². The lowest BCUT2D eigenvalue weighted by atomic mass is 9.63. The maximum Gasteiger partial charge on any atom is 0.0718 e. The molecule has 1 spiro atoms. The van der Waals surface area contributed by atoms with Crippen molar-refractivity contribution in [3.63, 3.8) is 0 Å². The summed E-state index contributed by atoms with van der Waals surface area (Å²) >= 11 is 0. The summed E-state index contributed by atoms with van der Waals surface area (Å²) in [7, 11) is 2.18. The van der Waals surface area contributed by atoms with E-state index >= 15 is 0 Å². The molecule has 2 heteroatoms. The van der Waals surface area contributed by atoms with Gasteiger partial charge in [0.05, 0.1) is 22.1 Å². The van der Waals surface area contributed by atoms with Gasteiger partial charge in [-0.2, -0.15) is 0 Å². The summed E-state index contributed by atoms with van der Waals surface area (Å²) in [5.74, 6) is 0. The molecule has 0 saturated heterocycles. The first-order chi connectivity index (χ1) is 19.8. The topological polar surface area (TPSA) is 8.17 Å². The van der Waals surface area contributed by atoms with Crippen LogP contribution in [0.15, 0.2) is 133 Å². The third kappa shape index (κ3) is 2.59. The first-order valence-electron chi connectivity index (χ1n) is 14.2. The van der Waals surface area contributed by atoms with E-state index in [1.54, 1.807) is 5.57 Å². The van der Waals surface area contributed by atoms with Gasteiger partial charge in [0.15, 0.2) is 0 Å². The van der Waals surface area contributed by atoms with E-state index in [1.165, 1.54) is 66.7 Å². The van der Waals surface area contributed by atoms with Crippen LogP contribution >= 0.6 is 0 Å². The molecule has 40 heavy (non-hydrogen) atoms. The summed E-state index contributed by atoms with van der Waals surface area (Å²) in [5, 5.41) is 2.65. The molecule has 0 N–H and O–H groups in total. The Labute approximate surface area is 234 Å². The Hall–Kier alpha value is -4.82. The molecule has 0 fully saturated rings. The van der Waals surface area contributed by atoms with E-state index in [9.17, 15) is 0 Å². The normalized spacial score (nSPS) is 18.3. The molecular formula is C38H28N2. The van der Waals surface area contributed by atoms with E-state index in [-0.39, 0.29) is 5.41 Å². The van der Waals surface area contributed by atoms with Crippen molar-refractivity contribution in [2.24, 2.45) is 0 Å². The van der Waals surface area contributed by atoms with Crippen molar-refractivity contribution < 1.29 is 0 Å². The quantitative estimate of drug-likeness (QED) is 0.224. The standard InChI is InChI=1S/C38H28N2/c1-39(25-12-3-2-4-13-25)26-22-23-28-27-14-5-7-17-31(27)38(34(28)24-26)32-18-8-10-21-36(32)40-35-20-9-6-15-29(35)30-16-11-19-33(38)37(30)40/h2-6,8-16,18-24H,7,17H2,1H3. The number of nitrogens with zero attached hydrogens (tertiary/aromatic N) is 2. The Balaban J connectivity index is 1.44. The molecule has 1 unspecified atom stereocenters. The molecule has 9 rings (SSSR count). The number of allylic oxidation sites excluding steroid dienone is 4. The molecule has 190 valence electrons. The van der Waals surface area contributed by atoms with E-state index in [0.29, 0.717) is 0 Å². The average molecular weight is 513 g/mol. The van der Waals surface area contributed by atoms with Crippen molar-refractivity contribution >= 4 is 38.8 Å². The third-order valence-corrected chi connectivity index (χ3v) is 9.50. The van der Waals surface area contributed by atoms with Crippen LogP contribution in [-0.2, 0) is 5.41 Å². The average Bonchev–Trinajstić information content (AvgIpc) is 3.52. The van der Waals surface area contributed by atoms with Gasteiger partial charge in [-0.05, 0) is 82.6 Å². The largest absolute Gasteiger partial charge is 0.345 e. The highest BCUT2D eigenvalue weighted by Crippen LogP contribution is 2.62. The van der Waals surface area contributed by atoms with Gasteiger partial charge >= 0.3 is 0 Å². The predicted octanol–water partition coefficient (Wildman–Crippen LogP) is 9.32. The highest BCUT2D eigenvalue weighted by atomic mass is 15.1. The Morgan fingerprint density at radius 3 is 2.38 bits per heavy atom. The molecule has 6 aromatic rings. The minimum atomic E-state index is -0.330. The number of rotatable bonds is 2. The zero-order chi connectivity index (χ0) is 26.4. The van der Waals surface area contributed by atoms with Crippen LogP contribution < -0.4 is 4.90 Å². The minimum Gasteiger partial charge on any atom is -0.345 e. The van der Waals surface area contributed by atoms with Gasteiger partial charge in [0.1, 0.15) is 0 Å². The second kappa shape index (κ2) is 7.86. The lowest BCUT2D eigenvalue weighted by molar-refractivity contribution is 0.685. The summed E-state index contributed by atoms with van der Waals surface area (Å²) in [5.41, 5.74) is 14.5. The van der Waals surface area contributed by atoms with Gasteiger partial charge in [0, 0.05) is 29.2 Å². The number of para-hydroxylation sites is 4. The lowest BCUT2D eigenvalue weighted by Crippen LogP contribution is -2.35. The van der Waals surface area contributed by atoms with Gasteiger partial charge in [0.2, 0.25) is 0 Å². The Kier molecular flexibility index (Phi) is 4.33. The number of aromatic nitrogens is 1. The number of hydrogen-bond acceptors (Lipinski definition) is 1. The molecule has 1 aromatic heterocycles. The van der Waals surface area contributed by atoms with Crippen LogP contribution in [0.3, 0.4) is 0 Å². The van der Waals surface area contributed by atoms with Gasteiger partial charge in [0.25, 0.3) is 0 Å². The van der Waals surface area contributed by atoms with E-state index in [1.807, 2.05) is 0 Å². The molecule has 2 aliphatic carbocycles. The summed E-state index contributed by atoms with van der Waals surface area (Å²) in [6.07, 6.45) is 6.89. The molecule has 2 nitrogen and oxygen atoms in total. The Bertz CT molecular complexity index is 2070. The SMILES string of the molecule is CN(c1ccccc1)c1ccc2c(c1)C1(C3=C2C=CCC3)c2ccccc2-n2c3ccccc3c3cccc1c32. The first-order valence-corrected chi connectivity index (χ1v) is 14.2. The number of anilines is 2. The highest BCUT2D eigenvalue weighted by molar-refractivity contribution is 6.13. The number of fused-ring (bicyclic) bond motifs is 11. The molecule has 3 aliphatic rings. The van der Waals surface area contributed by atoms with E-state index in [2.05, 4.69) is 144 Å². The van der Waals surface area contributed by atoms with Crippen molar-refractivity contribution in [3.8, 4) is 5.69 Å². The predicted molar refractivity (Wildman–Crippen MR) is 167 cm³/mol. The van der Waals surface area contributed by atoms with Crippen molar-refractivity contribution in [2.75, 3.05) is 11.9 Å².